The van der Waals surface area contributed by atoms with Gasteiger partial charge in [0.15, 0.2) is 0 Å². The number of phenolic OH excluding ortho intramolecular Hbond substituents is 1. The number of phenols is 1. The maximum atomic E-state index is 12.2. The standard InChI is InChI=1S/C23H34O3S/c1-17(20-9-10-22(25)18(2)16-20)6-5-7-19-8-11-23(26)21(19)12-15-27-14-4-3-13-24/h5,7,9-10,16-17,19,21,24-25H,3-4,6,8,11-15H2,1-2H3/b7-5+/t17?,19-,21+/m0/s1. The van der Waals surface area contributed by atoms with Gasteiger partial charge in [0.1, 0.15) is 11.5 Å². The molecular formula is C23H34O3S. The van der Waals surface area contributed by atoms with Gasteiger partial charge in [0.25, 0.3) is 0 Å². The molecule has 0 amide bonds. The minimum atomic E-state index is 0.192. The Hall–Kier alpha value is -1.26. The quantitative estimate of drug-likeness (QED) is 0.401. The molecule has 1 aliphatic carbocycles. The molecular weight excluding hydrogens is 356 g/mol. The summed E-state index contributed by atoms with van der Waals surface area (Å²) in [5, 5.41) is 18.5. The van der Waals surface area contributed by atoms with E-state index in [0.717, 1.165) is 55.6 Å². The molecule has 0 aromatic heterocycles. The summed E-state index contributed by atoms with van der Waals surface area (Å²) in [7, 11) is 0. The van der Waals surface area contributed by atoms with Crippen molar-refractivity contribution in [2.45, 2.75) is 58.3 Å². The van der Waals surface area contributed by atoms with Crippen LogP contribution in [0.3, 0.4) is 0 Å². The van der Waals surface area contributed by atoms with Gasteiger partial charge < -0.3 is 10.2 Å². The maximum Gasteiger partial charge on any atom is 0.136 e. The lowest BCUT2D eigenvalue weighted by molar-refractivity contribution is -0.121. The third-order valence-electron chi connectivity index (χ3n) is 5.59. The largest absolute Gasteiger partial charge is 0.508 e. The van der Waals surface area contributed by atoms with Crippen molar-refractivity contribution in [3.8, 4) is 5.75 Å². The molecule has 0 bridgehead atoms. The van der Waals surface area contributed by atoms with Crippen LogP contribution in [0.4, 0.5) is 0 Å². The number of aliphatic hydroxyl groups excluding tert-OH is 1. The van der Waals surface area contributed by atoms with Crippen LogP contribution in [0.25, 0.3) is 0 Å². The van der Waals surface area contributed by atoms with Gasteiger partial charge in [-0.25, -0.2) is 0 Å². The van der Waals surface area contributed by atoms with Crippen LogP contribution >= 0.6 is 11.8 Å². The zero-order chi connectivity index (χ0) is 19.6. The van der Waals surface area contributed by atoms with Crippen molar-refractivity contribution in [2.75, 3.05) is 18.1 Å². The Morgan fingerprint density at radius 1 is 1.30 bits per heavy atom. The van der Waals surface area contributed by atoms with Crippen molar-refractivity contribution in [3.63, 3.8) is 0 Å². The number of rotatable bonds is 11. The van der Waals surface area contributed by atoms with Gasteiger partial charge in [-0.15, -0.1) is 0 Å². The van der Waals surface area contributed by atoms with Crippen LogP contribution in [0.15, 0.2) is 30.4 Å². The fraction of sp³-hybridized carbons (Fsp3) is 0.609. The Morgan fingerprint density at radius 2 is 2.11 bits per heavy atom. The highest BCUT2D eigenvalue weighted by atomic mass is 32.2. The lowest BCUT2D eigenvalue weighted by Crippen LogP contribution is -2.14. The first-order valence-corrected chi connectivity index (χ1v) is 11.4. The van der Waals surface area contributed by atoms with Crippen LogP contribution in [0.2, 0.25) is 0 Å². The number of thioether (sulfide) groups is 1. The number of hydrogen-bond acceptors (Lipinski definition) is 4. The summed E-state index contributed by atoms with van der Waals surface area (Å²) in [5.74, 6) is 3.88. The minimum Gasteiger partial charge on any atom is -0.508 e. The molecule has 3 atom stereocenters. The zero-order valence-corrected chi connectivity index (χ0v) is 17.5. The number of Topliss-reactive ketones (excluding diaryl/α,β-unsaturated/α-hetero) is 1. The van der Waals surface area contributed by atoms with Gasteiger partial charge >= 0.3 is 0 Å². The van der Waals surface area contributed by atoms with Crippen LogP contribution in [-0.2, 0) is 4.79 Å². The minimum absolute atomic E-state index is 0.192. The number of aryl methyl sites for hydroxylation is 1. The zero-order valence-electron chi connectivity index (χ0n) is 16.7. The van der Waals surface area contributed by atoms with E-state index in [-0.39, 0.29) is 12.5 Å². The lowest BCUT2D eigenvalue weighted by atomic mass is 9.91. The third kappa shape index (κ3) is 7.00. The van der Waals surface area contributed by atoms with Crippen molar-refractivity contribution >= 4 is 17.5 Å². The summed E-state index contributed by atoms with van der Waals surface area (Å²) in [6, 6.07) is 5.83. The molecule has 1 aromatic carbocycles. The maximum absolute atomic E-state index is 12.2. The molecule has 1 aromatic rings. The molecule has 2 rings (SSSR count). The van der Waals surface area contributed by atoms with Crippen LogP contribution in [0.5, 0.6) is 5.75 Å². The van der Waals surface area contributed by atoms with E-state index in [2.05, 4.69) is 25.1 Å². The molecule has 2 N–H and O–H groups in total. The Balaban J connectivity index is 1.79. The number of carbonyl (C=O) groups is 1. The van der Waals surface area contributed by atoms with Crippen LogP contribution in [0, 0.1) is 18.8 Å². The molecule has 1 unspecified atom stereocenters. The van der Waals surface area contributed by atoms with Crippen molar-refractivity contribution in [3.05, 3.63) is 41.5 Å². The summed E-state index contributed by atoms with van der Waals surface area (Å²) in [6.45, 7) is 4.41. The lowest BCUT2D eigenvalue weighted by Gasteiger charge is -2.15. The number of unbranched alkanes of at least 4 members (excludes halogenated alkanes) is 1. The van der Waals surface area contributed by atoms with E-state index in [1.165, 1.54) is 5.56 Å². The molecule has 1 aliphatic rings. The Morgan fingerprint density at radius 3 is 2.85 bits per heavy atom. The van der Waals surface area contributed by atoms with E-state index in [1.54, 1.807) is 6.07 Å². The first-order chi connectivity index (χ1) is 13.0. The van der Waals surface area contributed by atoms with Gasteiger partial charge in [0, 0.05) is 18.9 Å². The summed E-state index contributed by atoms with van der Waals surface area (Å²) >= 11 is 1.90. The van der Waals surface area contributed by atoms with E-state index in [1.807, 2.05) is 24.8 Å². The third-order valence-corrected chi connectivity index (χ3v) is 6.69. The Bertz CT molecular complexity index is 626. The second kappa shape index (κ2) is 11.6. The van der Waals surface area contributed by atoms with Gasteiger partial charge in [-0.1, -0.05) is 31.2 Å². The van der Waals surface area contributed by atoms with Crippen molar-refractivity contribution in [2.24, 2.45) is 11.8 Å². The van der Waals surface area contributed by atoms with Gasteiger partial charge in [-0.05, 0) is 79.6 Å². The molecule has 0 aliphatic heterocycles. The first kappa shape index (κ1) is 22.0. The van der Waals surface area contributed by atoms with Crippen molar-refractivity contribution < 1.29 is 15.0 Å². The summed E-state index contributed by atoms with van der Waals surface area (Å²) in [5.41, 5.74) is 2.16. The number of aliphatic hydroxyl groups is 1. The molecule has 0 saturated heterocycles. The monoisotopic (exact) mass is 390 g/mol. The van der Waals surface area contributed by atoms with Crippen molar-refractivity contribution in [1.82, 2.24) is 0 Å². The second-order valence-corrected chi connectivity index (χ2v) is 8.94. The van der Waals surface area contributed by atoms with Gasteiger partial charge in [-0.3, -0.25) is 4.79 Å². The summed E-state index contributed by atoms with van der Waals surface area (Å²) in [4.78, 5) is 12.2. The van der Waals surface area contributed by atoms with E-state index in [0.29, 0.717) is 23.4 Å². The first-order valence-electron chi connectivity index (χ1n) is 10.2. The van der Waals surface area contributed by atoms with E-state index >= 15 is 0 Å². The number of allylic oxidation sites excluding steroid dienone is 2. The Kier molecular flexibility index (Phi) is 9.43. The fourth-order valence-electron chi connectivity index (χ4n) is 3.75. The predicted molar refractivity (Wildman–Crippen MR) is 114 cm³/mol. The normalized spacial score (nSPS) is 21.2. The molecule has 0 radical (unpaired) electrons. The number of ketones is 1. The molecule has 150 valence electrons. The highest BCUT2D eigenvalue weighted by Gasteiger charge is 2.32. The average molecular weight is 391 g/mol. The number of hydrogen-bond donors (Lipinski definition) is 2. The van der Waals surface area contributed by atoms with E-state index in [9.17, 15) is 9.90 Å². The summed E-state index contributed by atoms with van der Waals surface area (Å²) < 4.78 is 0. The SMILES string of the molecule is Cc1cc(C(C)C/C=C/[C@H]2CCC(=O)[C@@H]2CCSCCCCO)ccc1O. The highest BCUT2D eigenvalue weighted by Crippen LogP contribution is 2.34. The van der Waals surface area contributed by atoms with Gasteiger partial charge in [0.2, 0.25) is 0 Å². The Labute approximate surface area is 168 Å². The topological polar surface area (TPSA) is 57.5 Å². The number of aromatic hydroxyl groups is 1. The summed E-state index contributed by atoms with van der Waals surface area (Å²) in [6.07, 6.45) is 10.1. The number of benzene rings is 1. The van der Waals surface area contributed by atoms with Crippen LogP contribution in [-0.4, -0.2) is 34.1 Å². The fourth-order valence-corrected chi connectivity index (χ4v) is 4.78. The van der Waals surface area contributed by atoms with E-state index < -0.39 is 0 Å². The highest BCUT2D eigenvalue weighted by molar-refractivity contribution is 7.99. The van der Waals surface area contributed by atoms with Crippen LogP contribution < -0.4 is 0 Å². The molecule has 4 heteroatoms. The van der Waals surface area contributed by atoms with Crippen LogP contribution in [0.1, 0.15) is 62.5 Å². The molecule has 3 nitrogen and oxygen atoms in total. The molecule has 1 fully saturated rings. The molecule has 1 saturated carbocycles. The van der Waals surface area contributed by atoms with Crippen molar-refractivity contribution in [1.29, 1.82) is 0 Å². The molecule has 0 heterocycles. The average Bonchev–Trinajstić information content (AvgIpc) is 3.00. The smallest absolute Gasteiger partial charge is 0.136 e. The van der Waals surface area contributed by atoms with Gasteiger partial charge in [-0.2, -0.15) is 11.8 Å². The predicted octanol–water partition coefficient (Wildman–Crippen LogP) is 5.24. The van der Waals surface area contributed by atoms with Gasteiger partial charge in [0.05, 0.1) is 0 Å². The number of carbonyl (C=O) groups excluding carboxylic acids is 1. The molecule has 27 heavy (non-hydrogen) atoms. The second-order valence-electron chi connectivity index (χ2n) is 7.72. The molecule has 0 spiro atoms. The van der Waals surface area contributed by atoms with E-state index in [4.69, 9.17) is 5.11 Å².